The Hall–Kier alpha value is -5.69. The Morgan fingerprint density at radius 3 is 2.66 bits per heavy atom. The molecule has 0 spiro atoms. The number of nitrogen functional groups attached to an aromatic ring is 1. The second-order valence-corrected chi connectivity index (χ2v) is 9.32. The summed E-state index contributed by atoms with van der Waals surface area (Å²) in [6, 6.07) is 15.9. The summed E-state index contributed by atoms with van der Waals surface area (Å²) < 4.78 is 4.81. The second-order valence-electron chi connectivity index (χ2n) is 9.32. The molecule has 0 saturated heterocycles. The highest BCUT2D eigenvalue weighted by molar-refractivity contribution is 5.99. The topological polar surface area (TPSA) is 125 Å². The van der Waals surface area contributed by atoms with Gasteiger partial charge in [0.25, 0.3) is 5.91 Å². The molecule has 4 aromatic heterocycles. The zero-order valence-electron chi connectivity index (χ0n) is 22.8. The molecule has 41 heavy (non-hydrogen) atoms. The maximum Gasteiger partial charge on any atom is 0.338 e. The van der Waals surface area contributed by atoms with Gasteiger partial charge in [0.15, 0.2) is 0 Å². The number of aromatic nitrogens is 5. The fourth-order valence-electron chi connectivity index (χ4n) is 4.43. The highest BCUT2D eigenvalue weighted by atomic mass is 16.2. The van der Waals surface area contributed by atoms with E-state index in [4.69, 9.17) is 5.73 Å². The number of amides is 1. The van der Waals surface area contributed by atoms with E-state index in [9.17, 15) is 9.59 Å². The number of allylic oxidation sites excluding steroid dienone is 1. The minimum atomic E-state index is -0.564. The highest BCUT2D eigenvalue weighted by Gasteiger charge is 2.21. The van der Waals surface area contributed by atoms with Crippen LogP contribution in [0.5, 0.6) is 0 Å². The van der Waals surface area contributed by atoms with Gasteiger partial charge in [-0.15, -0.1) is 0 Å². The summed E-state index contributed by atoms with van der Waals surface area (Å²) >= 11 is 0. The number of nitrogens with two attached hydrogens (primary N) is 1. The van der Waals surface area contributed by atoms with Crippen LogP contribution in [0.3, 0.4) is 0 Å². The lowest BCUT2D eigenvalue weighted by Gasteiger charge is -2.21. The first kappa shape index (κ1) is 26.9. The number of aryl methyl sites for hydroxylation is 1. The molecule has 1 unspecified atom stereocenters. The van der Waals surface area contributed by atoms with Gasteiger partial charge in [-0.1, -0.05) is 30.2 Å². The molecule has 5 aromatic rings. The number of hydrogen-bond donors (Lipinski definition) is 2. The van der Waals surface area contributed by atoms with E-state index < -0.39 is 11.9 Å². The van der Waals surface area contributed by atoms with Gasteiger partial charge in [0, 0.05) is 32.7 Å². The maximum absolute atomic E-state index is 14.0. The molecule has 0 aliphatic carbocycles. The van der Waals surface area contributed by atoms with Gasteiger partial charge in [-0.05, 0) is 60.9 Å². The van der Waals surface area contributed by atoms with Crippen LogP contribution in [0, 0.1) is 11.8 Å². The van der Waals surface area contributed by atoms with Crippen LogP contribution in [0.4, 0.5) is 5.82 Å². The van der Waals surface area contributed by atoms with Crippen molar-refractivity contribution >= 4 is 29.5 Å². The Labute approximate surface area is 236 Å². The summed E-state index contributed by atoms with van der Waals surface area (Å²) in [6.07, 6.45) is 10.2. The number of carbonyl (C=O) groups excluding carboxylic acids is 1. The van der Waals surface area contributed by atoms with Crippen LogP contribution in [0.2, 0.25) is 0 Å². The zero-order valence-corrected chi connectivity index (χ0v) is 22.8. The Kier molecular flexibility index (Phi) is 7.60. The first-order valence-electron chi connectivity index (χ1n) is 12.8. The summed E-state index contributed by atoms with van der Waals surface area (Å²) in [4.78, 5) is 35.4. The number of carbonyl (C=O) groups is 1. The van der Waals surface area contributed by atoms with Crippen LogP contribution in [-0.4, -0.2) is 42.9 Å². The zero-order chi connectivity index (χ0) is 28.9. The van der Waals surface area contributed by atoms with Crippen molar-refractivity contribution in [1.29, 1.82) is 0 Å². The molecule has 1 aromatic carbocycles. The molecule has 0 saturated carbocycles. The third kappa shape index (κ3) is 5.69. The van der Waals surface area contributed by atoms with Crippen molar-refractivity contribution in [3.63, 3.8) is 0 Å². The maximum atomic E-state index is 14.0. The first-order valence-corrected chi connectivity index (χ1v) is 12.8. The van der Waals surface area contributed by atoms with Gasteiger partial charge in [-0.3, -0.25) is 23.4 Å². The number of rotatable bonds is 6. The molecule has 5 rings (SSSR count). The van der Waals surface area contributed by atoms with Crippen molar-refractivity contribution in [3.05, 3.63) is 118 Å². The van der Waals surface area contributed by atoms with Gasteiger partial charge in [0.05, 0.1) is 40.3 Å². The predicted molar refractivity (Wildman–Crippen MR) is 160 cm³/mol. The highest BCUT2D eigenvalue weighted by Crippen LogP contribution is 2.21. The molecular formula is C31H28N8O2. The van der Waals surface area contributed by atoms with Gasteiger partial charge in [0.2, 0.25) is 0 Å². The van der Waals surface area contributed by atoms with Gasteiger partial charge >= 0.3 is 5.69 Å². The Morgan fingerprint density at radius 2 is 1.93 bits per heavy atom. The van der Waals surface area contributed by atoms with Crippen molar-refractivity contribution < 1.29 is 4.79 Å². The Balaban J connectivity index is 1.55. The third-order valence-electron chi connectivity index (χ3n) is 6.40. The standard InChI is InChI=1S/C31H28N8O2/c1-21(36-30(40)27-16-22(8-7-15-33-2)18-34-29(27)32)28-17-26-14-13-25(12-11-23-19-35-37(3)20-23)38(26)31(41)39(28)24-9-5-4-6-10-24/h4-10,13-21H,1-3H3,(H2,32,34)(H,36,40)/b8-7-,33-15?. The lowest BCUT2D eigenvalue weighted by molar-refractivity contribution is 0.0939. The predicted octanol–water partition coefficient (Wildman–Crippen LogP) is 3.41. The Bertz CT molecular complexity index is 1920. The lowest BCUT2D eigenvalue weighted by atomic mass is 10.1. The van der Waals surface area contributed by atoms with Gasteiger partial charge in [-0.2, -0.15) is 5.10 Å². The van der Waals surface area contributed by atoms with E-state index in [1.165, 1.54) is 0 Å². The molecule has 0 aliphatic rings. The summed E-state index contributed by atoms with van der Waals surface area (Å²) in [7, 11) is 3.49. The molecule has 204 valence electrons. The first-order chi connectivity index (χ1) is 19.9. The van der Waals surface area contributed by atoms with Gasteiger partial charge < -0.3 is 11.1 Å². The smallest absolute Gasteiger partial charge is 0.338 e. The van der Waals surface area contributed by atoms with Crippen LogP contribution in [0.15, 0.2) is 89.1 Å². The number of para-hydroxylation sites is 1. The molecule has 10 nitrogen and oxygen atoms in total. The minimum Gasteiger partial charge on any atom is -0.383 e. The third-order valence-corrected chi connectivity index (χ3v) is 6.40. The molecule has 3 N–H and O–H groups in total. The molecule has 0 bridgehead atoms. The van der Waals surface area contributed by atoms with E-state index in [0.717, 1.165) is 5.56 Å². The minimum absolute atomic E-state index is 0.107. The van der Waals surface area contributed by atoms with Gasteiger partial charge in [0.1, 0.15) is 11.5 Å². The molecule has 0 fully saturated rings. The van der Waals surface area contributed by atoms with E-state index in [0.29, 0.717) is 28.2 Å². The normalized spacial score (nSPS) is 12.1. The van der Waals surface area contributed by atoms with Crippen molar-refractivity contribution in [2.75, 3.05) is 12.8 Å². The SMILES string of the molecule is CN=C/C=C\c1cnc(N)c(C(=O)NC(C)c2cc3ccc(C#Cc4cnn(C)c4)n3c(=O)n2-c2ccccc2)c1. The van der Waals surface area contributed by atoms with Crippen LogP contribution in [0.1, 0.15) is 45.8 Å². The number of pyridine rings is 1. The summed E-state index contributed by atoms with van der Waals surface area (Å²) in [5.74, 6) is 5.85. The van der Waals surface area contributed by atoms with E-state index in [-0.39, 0.29) is 17.1 Å². The van der Waals surface area contributed by atoms with E-state index in [1.54, 1.807) is 69.8 Å². The summed E-state index contributed by atoms with van der Waals surface area (Å²) in [5, 5.41) is 7.13. The molecule has 0 radical (unpaired) electrons. The van der Waals surface area contributed by atoms with E-state index >= 15 is 0 Å². The number of benzene rings is 1. The molecule has 1 atom stereocenters. The average Bonchev–Trinajstić information content (AvgIpc) is 3.58. The van der Waals surface area contributed by atoms with E-state index in [2.05, 4.69) is 32.2 Å². The number of aliphatic imine (C=N–C) groups is 1. The lowest BCUT2D eigenvalue weighted by Crippen LogP contribution is -2.34. The van der Waals surface area contributed by atoms with Crippen LogP contribution in [0.25, 0.3) is 17.3 Å². The van der Waals surface area contributed by atoms with Crippen molar-refractivity contribution in [2.45, 2.75) is 13.0 Å². The van der Waals surface area contributed by atoms with Gasteiger partial charge in [-0.25, -0.2) is 9.78 Å². The monoisotopic (exact) mass is 544 g/mol. The van der Waals surface area contributed by atoms with Crippen LogP contribution >= 0.6 is 0 Å². The van der Waals surface area contributed by atoms with Crippen molar-refractivity contribution in [1.82, 2.24) is 29.0 Å². The quantitative estimate of drug-likeness (QED) is 0.250. The molecule has 4 heterocycles. The van der Waals surface area contributed by atoms with E-state index in [1.807, 2.05) is 56.4 Å². The van der Waals surface area contributed by atoms with Crippen molar-refractivity contribution in [2.24, 2.45) is 12.0 Å². The van der Waals surface area contributed by atoms with Crippen LogP contribution in [-0.2, 0) is 7.05 Å². The number of fused-ring (bicyclic) bond motifs is 1. The fraction of sp³-hybridized carbons (Fsp3) is 0.129. The summed E-state index contributed by atoms with van der Waals surface area (Å²) in [6.45, 7) is 1.82. The number of nitrogens with one attached hydrogen (secondary N) is 1. The van der Waals surface area contributed by atoms with Crippen molar-refractivity contribution in [3.8, 4) is 17.5 Å². The Morgan fingerprint density at radius 1 is 1.12 bits per heavy atom. The fourth-order valence-corrected chi connectivity index (χ4v) is 4.43. The average molecular weight is 545 g/mol. The van der Waals surface area contributed by atoms with Crippen LogP contribution < -0.4 is 16.7 Å². The summed E-state index contributed by atoms with van der Waals surface area (Å²) in [5.41, 5.74) is 9.86. The molecule has 0 aliphatic heterocycles. The molecule has 10 heteroatoms. The number of anilines is 1. The second kappa shape index (κ2) is 11.6. The number of hydrogen-bond acceptors (Lipinski definition) is 6. The largest absolute Gasteiger partial charge is 0.383 e. The molecule has 1 amide bonds. The number of nitrogens with zero attached hydrogens (tertiary/aromatic N) is 6. The molecular weight excluding hydrogens is 516 g/mol.